The minimum atomic E-state index is 0.0261. The van der Waals surface area contributed by atoms with E-state index >= 15 is 0 Å². The Morgan fingerprint density at radius 3 is 2.68 bits per heavy atom. The lowest BCUT2D eigenvalue weighted by atomic mass is 10.2. The Kier molecular flexibility index (Phi) is 5.56. The molecule has 1 aliphatic heterocycles. The van der Waals surface area contributed by atoms with Crippen LogP contribution in [0.2, 0.25) is 5.15 Å². The molecule has 0 N–H and O–H groups in total. The van der Waals surface area contributed by atoms with Crippen molar-refractivity contribution in [2.75, 3.05) is 33.2 Å². The number of aryl methyl sites for hydroxylation is 1. The highest BCUT2D eigenvalue weighted by molar-refractivity contribution is 6.31. The first-order chi connectivity index (χ1) is 12.1. The molecule has 0 aliphatic carbocycles. The first kappa shape index (κ1) is 17.7. The highest BCUT2D eigenvalue weighted by Gasteiger charge is 2.17. The molecule has 6 heteroatoms. The molecule has 2 heterocycles. The van der Waals surface area contributed by atoms with Crippen LogP contribution in [0.5, 0.6) is 0 Å². The van der Waals surface area contributed by atoms with E-state index in [1.54, 1.807) is 16.8 Å². The zero-order valence-electron chi connectivity index (χ0n) is 14.7. The number of aromatic nitrogens is 2. The Bertz CT molecular complexity index is 769. The summed E-state index contributed by atoms with van der Waals surface area (Å²) in [4.78, 5) is 16.6. The average Bonchev–Trinajstić information content (AvgIpc) is 2.76. The van der Waals surface area contributed by atoms with Crippen LogP contribution in [0.25, 0.3) is 11.8 Å². The van der Waals surface area contributed by atoms with E-state index in [4.69, 9.17) is 11.6 Å². The van der Waals surface area contributed by atoms with E-state index in [9.17, 15) is 4.79 Å². The second-order valence-corrected chi connectivity index (χ2v) is 6.71. The molecule has 0 radical (unpaired) electrons. The van der Waals surface area contributed by atoms with Crippen LogP contribution in [0.15, 0.2) is 36.4 Å². The summed E-state index contributed by atoms with van der Waals surface area (Å²) in [5.74, 6) is 0.0261. The molecule has 0 atom stereocenters. The Morgan fingerprint density at radius 1 is 1.16 bits per heavy atom. The molecule has 132 valence electrons. The molecule has 0 bridgehead atoms. The predicted octanol–water partition coefficient (Wildman–Crippen LogP) is 3.01. The zero-order valence-corrected chi connectivity index (χ0v) is 15.4. The largest absolute Gasteiger partial charge is 0.338 e. The predicted molar refractivity (Wildman–Crippen MR) is 101 cm³/mol. The fourth-order valence-corrected chi connectivity index (χ4v) is 3.30. The maximum atomic E-state index is 12.5. The van der Waals surface area contributed by atoms with Gasteiger partial charge in [0.2, 0.25) is 5.91 Å². The van der Waals surface area contributed by atoms with Gasteiger partial charge in [-0.2, -0.15) is 5.10 Å². The maximum absolute atomic E-state index is 12.5. The third kappa shape index (κ3) is 4.11. The molecule has 0 unspecified atom stereocenters. The van der Waals surface area contributed by atoms with Crippen molar-refractivity contribution in [3.63, 3.8) is 0 Å². The van der Waals surface area contributed by atoms with Crippen molar-refractivity contribution in [1.82, 2.24) is 19.6 Å². The molecule has 2 aromatic rings. The highest BCUT2D eigenvalue weighted by atomic mass is 35.5. The molecule has 1 aliphatic rings. The van der Waals surface area contributed by atoms with E-state index < -0.39 is 0 Å². The molecular formula is C19H23ClN4O. The summed E-state index contributed by atoms with van der Waals surface area (Å²) in [5, 5.41) is 5.01. The topological polar surface area (TPSA) is 41.4 Å². The Balaban J connectivity index is 1.77. The third-order valence-electron chi connectivity index (χ3n) is 4.47. The van der Waals surface area contributed by atoms with Gasteiger partial charge in [0.1, 0.15) is 5.15 Å². The summed E-state index contributed by atoms with van der Waals surface area (Å²) in [7, 11) is 2.09. The van der Waals surface area contributed by atoms with Crippen LogP contribution in [0.4, 0.5) is 0 Å². The van der Waals surface area contributed by atoms with Gasteiger partial charge in [0, 0.05) is 31.3 Å². The fourth-order valence-electron chi connectivity index (χ4n) is 2.97. The lowest BCUT2D eigenvalue weighted by Crippen LogP contribution is -2.33. The number of hydrogen-bond donors (Lipinski definition) is 0. The van der Waals surface area contributed by atoms with E-state index in [1.165, 1.54) is 0 Å². The van der Waals surface area contributed by atoms with Crippen LogP contribution in [0.1, 0.15) is 17.7 Å². The molecule has 1 amide bonds. The van der Waals surface area contributed by atoms with Gasteiger partial charge in [0.25, 0.3) is 0 Å². The number of halogens is 1. The van der Waals surface area contributed by atoms with E-state index in [-0.39, 0.29) is 5.91 Å². The summed E-state index contributed by atoms with van der Waals surface area (Å²) < 4.78 is 1.70. The number of nitrogens with zero attached hydrogens (tertiary/aromatic N) is 4. The fraction of sp³-hybridized carbons (Fsp3) is 0.368. The van der Waals surface area contributed by atoms with E-state index in [0.717, 1.165) is 49.5 Å². The first-order valence-corrected chi connectivity index (χ1v) is 8.90. The second kappa shape index (κ2) is 7.85. The number of carbonyl (C=O) groups excluding carboxylic acids is 1. The molecule has 3 rings (SSSR count). The first-order valence-electron chi connectivity index (χ1n) is 8.52. The van der Waals surface area contributed by atoms with Gasteiger partial charge in [-0.05, 0) is 45.1 Å². The van der Waals surface area contributed by atoms with Crippen LogP contribution in [0.3, 0.4) is 0 Å². The van der Waals surface area contributed by atoms with Gasteiger partial charge in [-0.15, -0.1) is 0 Å². The number of rotatable bonds is 3. The third-order valence-corrected chi connectivity index (χ3v) is 4.84. The standard InChI is InChI=1S/C19H23ClN4O/c1-15-17(19(20)24(21-15)16-7-4-3-5-8-16)9-10-18(25)23-12-6-11-22(2)13-14-23/h3-5,7-10H,6,11-14H2,1-2H3/b10-9+. The molecule has 1 aromatic heterocycles. The van der Waals surface area contributed by atoms with E-state index in [1.807, 2.05) is 42.2 Å². The minimum Gasteiger partial charge on any atom is -0.338 e. The molecule has 5 nitrogen and oxygen atoms in total. The molecular weight excluding hydrogens is 336 g/mol. The van der Waals surface area contributed by atoms with Gasteiger partial charge in [0.05, 0.1) is 11.4 Å². The smallest absolute Gasteiger partial charge is 0.246 e. The van der Waals surface area contributed by atoms with Gasteiger partial charge < -0.3 is 9.80 Å². The van der Waals surface area contributed by atoms with Crippen LogP contribution in [-0.2, 0) is 4.79 Å². The van der Waals surface area contributed by atoms with Crippen LogP contribution in [-0.4, -0.2) is 58.7 Å². The second-order valence-electron chi connectivity index (χ2n) is 6.35. The maximum Gasteiger partial charge on any atom is 0.246 e. The molecule has 1 fully saturated rings. The molecule has 1 saturated heterocycles. The quantitative estimate of drug-likeness (QED) is 0.792. The normalized spacial score (nSPS) is 16.4. The van der Waals surface area contributed by atoms with Gasteiger partial charge >= 0.3 is 0 Å². The molecule has 0 spiro atoms. The minimum absolute atomic E-state index is 0.0261. The van der Waals surface area contributed by atoms with Crippen molar-refractivity contribution in [2.24, 2.45) is 0 Å². The molecule has 1 aromatic carbocycles. The Labute approximate surface area is 153 Å². The number of para-hydroxylation sites is 1. The van der Waals surface area contributed by atoms with Gasteiger partial charge in [-0.1, -0.05) is 29.8 Å². The van der Waals surface area contributed by atoms with E-state index in [2.05, 4.69) is 17.0 Å². The molecule has 0 saturated carbocycles. The summed E-state index contributed by atoms with van der Waals surface area (Å²) in [5.41, 5.74) is 2.48. The van der Waals surface area contributed by atoms with Crippen molar-refractivity contribution in [2.45, 2.75) is 13.3 Å². The van der Waals surface area contributed by atoms with Crippen molar-refractivity contribution in [3.8, 4) is 5.69 Å². The van der Waals surface area contributed by atoms with Gasteiger partial charge in [-0.25, -0.2) is 4.68 Å². The molecule has 25 heavy (non-hydrogen) atoms. The number of amides is 1. The van der Waals surface area contributed by atoms with Gasteiger partial charge in [-0.3, -0.25) is 4.79 Å². The zero-order chi connectivity index (χ0) is 17.8. The van der Waals surface area contributed by atoms with Crippen LogP contribution in [0, 0.1) is 6.92 Å². The van der Waals surface area contributed by atoms with Crippen molar-refractivity contribution < 1.29 is 4.79 Å². The lowest BCUT2D eigenvalue weighted by molar-refractivity contribution is -0.125. The van der Waals surface area contributed by atoms with Crippen molar-refractivity contribution in [3.05, 3.63) is 52.8 Å². The van der Waals surface area contributed by atoms with E-state index in [0.29, 0.717) is 5.15 Å². The lowest BCUT2D eigenvalue weighted by Gasteiger charge is -2.18. The highest BCUT2D eigenvalue weighted by Crippen LogP contribution is 2.24. The Hall–Kier alpha value is -2.11. The van der Waals surface area contributed by atoms with Crippen molar-refractivity contribution >= 4 is 23.6 Å². The van der Waals surface area contributed by atoms with Crippen LogP contribution < -0.4 is 0 Å². The number of likely N-dealkylation sites (N-methyl/N-ethyl adjacent to an activating group) is 1. The van der Waals surface area contributed by atoms with Crippen molar-refractivity contribution in [1.29, 1.82) is 0 Å². The Morgan fingerprint density at radius 2 is 1.92 bits per heavy atom. The number of carbonyl (C=O) groups is 1. The summed E-state index contributed by atoms with van der Waals surface area (Å²) in [6, 6.07) is 9.73. The summed E-state index contributed by atoms with van der Waals surface area (Å²) in [6.07, 6.45) is 4.39. The summed E-state index contributed by atoms with van der Waals surface area (Å²) >= 11 is 6.50. The SMILES string of the molecule is Cc1nn(-c2ccccc2)c(Cl)c1/C=C/C(=O)N1CCCN(C)CC1. The monoisotopic (exact) mass is 358 g/mol. The van der Waals surface area contributed by atoms with Crippen LogP contribution >= 0.6 is 11.6 Å². The average molecular weight is 359 g/mol. The van der Waals surface area contributed by atoms with Gasteiger partial charge in [0.15, 0.2) is 0 Å². The number of hydrogen-bond acceptors (Lipinski definition) is 3. The number of benzene rings is 1. The summed E-state index contributed by atoms with van der Waals surface area (Å²) in [6.45, 7) is 5.39.